The van der Waals surface area contributed by atoms with Crippen LogP contribution in [-0.2, 0) is 0 Å². The number of benzene rings is 2. The highest BCUT2D eigenvalue weighted by Gasteiger charge is 2.04. The zero-order valence-corrected chi connectivity index (χ0v) is 12.7. The molecule has 0 aliphatic heterocycles. The van der Waals surface area contributed by atoms with Crippen molar-refractivity contribution in [2.75, 3.05) is 6.61 Å². The van der Waals surface area contributed by atoms with Crippen LogP contribution >= 0.6 is 15.9 Å². The molecule has 2 aromatic rings. The van der Waals surface area contributed by atoms with E-state index in [-0.39, 0.29) is 0 Å². The molecule has 0 aromatic heterocycles. The van der Waals surface area contributed by atoms with Gasteiger partial charge in [0.2, 0.25) is 0 Å². The van der Waals surface area contributed by atoms with Crippen molar-refractivity contribution in [3.8, 4) is 11.8 Å². The van der Waals surface area contributed by atoms with Crippen LogP contribution < -0.4 is 4.74 Å². The minimum absolute atomic E-state index is 0.602. The summed E-state index contributed by atoms with van der Waals surface area (Å²) in [5.41, 5.74) is 2.42. The molecule has 0 bridgehead atoms. The highest BCUT2D eigenvalue weighted by Crippen LogP contribution is 2.25. The van der Waals surface area contributed by atoms with E-state index in [1.807, 2.05) is 61.5 Å². The zero-order valence-electron chi connectivity index (χ0n) is 11.1. The lowest BCUT2D eigenvalue weighted by Gasteiger charge is -2.07. The average Bonchev–Trinajstić information content (AvgIpc) is 2.48. The average molecular weight is 328 g/mol. The van der Waals surface area contributed by atoms with E-state index in [0.717, 1.165) is 21.3 Å². The van der Waals surface area contributed by atoms with Crippen molar-refractivity contribution < 1.29 is 4.74 Å². The fraction of sp³-hybridized carbons (Fsp3) is 0.118. The van der Waals surface area contributed by atoms with Crippen LogP contribution in [0.25, 0.3) is 11.6 Å². The lowest BCUT2D eigenvalue weighted by atomic mass is 10.0. The first-order valence-corrected chi connectivity index (χ1v) is 7.13. The minimum atomic E-state index is 0.602. The van der Waals surface area contributed by atoms with Gasteiger partial charge >= 0.3 is 0 Å². The Bertz CT molecular complexity index is 653. The van der Waals surface area contributed by atoms with E-state index < -0.39 is 0 Å². The van der Waals surface area contributed by atoms with Gasteiger partial charge in [-0.15, -0.1) is 0 Å². The van der Waals surface area contributed by atoms with E-state index in [1.54, 1.807) is 0 Å². The van der Waals surface area contributed by atoms with E-state index in [9.17, 15) is 5.26 Å². The van der Waals surface area contributed by atoms with Gasteiger partial charge in [0.25, 0.3) is 0 Å². The van der Waals surface area contributed by atoms with Crippen LogP contribution in [0.5, 0.6) is 5.75 Å². The molecular formula is C17H14BrNO. The molecule has 0 unspecified atom stereocenters. The highest BCUT2D eigenvalue weighted by molar-refractivity contribution is 9.10. The maximum Gasteiger partial charge on any atom is 0.126 e. The van der Waals surface area contributed by atoms with Crippen molar-refractivity contribution in [1.82, 2.24) is 0 Å². The normalized spacial score (nSPS) is 10.9. The summed E-state index contributed by atoms with van der Waals surface area (Å²) in [4.78, 5) is 0. The zero-order chi connectivity index (χ0) is 14.4. The van der Waals surface area contributed by atoms with Crippen molar-refractivity contribution in [1.29, 1.82) is 5.26 Å². The molecule has 2 aromatic carbocycles. The van der Waals surface area contributed by atoms with E-state index in [0.29, 0.717) is 12.2 Å². The van der Waals surface area contributed by atoms with E-state index in [2.05, 4.69) is 22.0 Å². The molecule has 0 spiro atoms. The molecule has 0 atom stereocenters. The topological polar surface area (TPSA) is 33.0 Å². The lowest BCUT2D eigenvalue weighted by Crippen LogP contribution is -1.93. The van der Waals surface area contributed by atoms with Gasteiger partial charge in [-0.05, 0) is 36.8 Å². The van der Waals surface area contributed by atoms with Gasteiger partial charge in [0.1, 0.15) is 5.75 Å². The molecular weight excluding hydrogens is 314 g/mol. The van der Waals surface area contributed by atoms with Crippen LogP contribution in [-0.4, -0.2) is 6.61 Å². The van der Waals surface area contributed by atoms with Crippen LogP contribution in [0.3, 0.4) is 0 Å². The smallest absolute Gasteiger partial charge is 0.126 e. The largest absolute Gasteiger partial charge is 0.493 e. The molecule has 2 nitrogen and oxygen atoms in total. The number of nitrogens with zero attached hydrogens (tertiary/aromatic N) is 1. The molecule has 0 fully saturated rings. The number of nitriles is 1. The van der Waals surface area contributed by atoms with E-state index in [4.69, 9.17) is 4.74 Å². The number of hydrogen-bond acceptors (Lipinski definition) is 2. The van der Waals surface area contributed by atoms with Crippen LogP contribution in [0.2, 0.25) is 0 Å². The first kappa shape index (κ1) is 14.4. The third-order valence-corrected chi connectivity index (χ3v) is 3.32. The predicted octanol–water partition coefficient (Wildman–Crippen LogP) is 4.91. The molecule has 0 aliphatic rings. The van der Waals surface area contributed by atoms with Crippen molar-refractivity contribution >= 4 is 27.6 Å². The Morgan fingerprint density at radius 1 is 1.20 bits per heavy atom. The van der Waals surface area contributed by atoms with Gasteiger partial charge in [0, 0.05) is 10.0 Å². The second-order valence-electron chi connectivity index (χ2n) is 4.15. The van der Waals surface area contributed by atoms with Gasteiger partial charge < -0.3 is 4.74 Å². The molecule has 0 aliphatic carbocycles. The Balaban J connectivity index is 2.41. The third-order valence-electron chi connectivity index (χ3n) is 2.79. The minimum Gasteiger partial charge on any atom is -0.493 e. The molecule has 0 radical (unpaired) electrons. The number of halogens is 1. The second-order valence-corrected chi connectivity index (χ2v) is 5.06. The molecule has 0 heterocycles. The van der Waals surface area contributed by atoms with Crippen LogP contribution in [0.4, 0.5) is 0 Å². The van der Waals surface area contributed by atoms with Gasteiger partial charge in [0.05, 0.1) is 18.2 Å². The summed E-state index contributed by atoms with van der Waals surface area (Å²) >= 11 is 3.39. The maximum absolute atomic E-state index is 9.36. The Kier molecular flexibility index (Phi) is 4.97. The number of rotatable bonds is 4. The summed E-state index contributed by atoms with van der Waals surface area (Å²) in [5, 5.41) is 9.36. The van der Waals surface area contributed by atoms with Gasteiger partial charge in [-0.3, -0.25) is 0 Å². The number of para-hydroxylation sites is 1. The standard InChI is InChI=1S/C17H14BrNO/c1-2-20-17-6-4-3-5-14(17)11-15(12-19)13-7-9-16(18)10-8-13/h3-11H,2H2,1H3/b15-11-. The van der Waals surface area contributed by atoms with Crippen molar-refractivity contribution in [3.05, 3.63) is 64.1 Å². The third kappa shape index (κ3) is 3.49. The fourth-order valence-corrected chi connectivity index (χ4v) is 2.12. The van der Waals surface area contributed by atoms with Crippen molar-refractivity contribution in [3.63, 3.8) is 0 Å². The maximum atomic E-state index is 9.36. The summed E-state index contributed by atoms with van der Waals surface area (Å²) < 4.78 is 6.57. The number of hydrogen-bond donors (Lipinski definition) is 0. The summed E-state index contributed by atoms with van der Waals surface area (Å²) in [6.45, 7) is 2.55. The molecule has 3 heteroatoms. The van der Waals surface area contributed by atoms with Gasteiger partial charge in [-0.1, -0.05) is 46.3 Å². The number of ether oxygens (including phenoxy) is 1. The first-order chi connectivity index (χ1) is 9.74. The summed E-state index contributed by atoms with van der Waals surface area (Å²) in [6.07, 6.45) is 1.86. The van der Waals surface area contributed by atoms with Crippen LogP contribution in [0.1, 0.15) is 18.1 Å². The Morgan fingerprint density at radius 3 is 2.55 bits per heavy atom. The molecule has 100 valence electrons. The first-order valence-electron chi connectivity index (χ1n) is 6.34. The molecule has 0 saturated heterocycles. The number of allylic oxidation sites excluding steroid dienone is 1. The van der Waals surface area contributed by atoms with E-state index >= 15 is 0 Å². The highest BCUT2D eigenvalue weighted by atomic mass is 79.9. The molecule has 2 rings (SSSR count). The predicted molar refractivity (Wildman–Crippen MR) is 85.2 cm³/mol. The summed E-state index contributed by atoms with van der Waals surface area (Å²) in [5.74, 6) is 0.792. The van der Waals surface area contributed by atoms with Crippen LogP contribution in [0.15, 0.2) is 53.0 Å². The van der Waals surface area contributed by atoms with Crippen LogP contribution in [0, 0.1) is 11.3 Å². The van der Waals surface area contributed by atoms with Gasteiger partial charge in [-0.2, -0.15) is 5.26 Å². The van der Waals surface area contributed by atoms with Gasteiger partial charge in [0.15, 0.2) is 0 Å². The quantitative estimate of drug-likeness (QED) is 0.590. The Labute approximate surface area is 127 Å². The molecule has 0 amide bonds. The lowest BCUT2D eigenvalue weighted by molar-refractivity contribution is 0.339. The monoisotopic (exact) mass is 327 g/mol. The second kappa shape index (κ2) is 6.93. The molecule has 20 heavy (non-hydrogen) atoms. The molecule has 0 N–H and O–H groups in total. The van der Waals surface area contributed by atoms with E-state index in [1.165, 1.54) is 0 Å². The fourth-order valence-electron chi connectivity index (χ4n) is 1.85. The SMILES string of the molecule is CCOc1ccccc1/C=C(/C#N)c1ccc(Br)cc1. The Hall–Kier alpha value is -2.05. The van der Waals surface area contributed by atoms with Crippen molar-refractivity contribution in [2.45, 2.75) is 6.92 Å². The van der Waals surface area contributed by atoms with Gasteiger partial charge in [-0.25, -0.2) is 0 Å². The summed E-state index contributed by atoms with van der Waals surface area (Å²) in [7, 11) is 0. The van der Waals surface area contributed by atoms with Crippen molar-refractivity contribution in [2.24, 2.45) is 0 Å². The Morgan fingerprint density at radius 2 is 1.90 bits per heavy atom. The molecule has 0 saturated carbocycles. The summed E-state index contributed by atoms with van der Waals surface area (Å²) in [6, 6.07) is 17.6.